The Morgan fingerprint density at radius 2 is 1.86 bits per heavy atom. The fourth-order valence-electron chi connectivity index (χ4n) is 5.95. The molecule has 2 aromatic heterocycles. The summed E-state index contributed by atoms with van der Waals surface area (Å²) >= 11 is 0. The lowest BCUT2D eigenvalue weighted by Crippen LogP contribution is -2.43. The molecule has 236 valence electrons. The number of likely N-dealkylation sites (tertiary alicyclic amines) is 1. The number of imidazole rings is 1. The van der Waals surface area contributed by atoms with Crippen molar-refractivity contribution < 1.29 is 34.1 Å². The Kier molecular flexibility index (Phi) is 9.77. The molecule has 2 aliphatic heterocycles. The molecule has 0 radical (unpaired) electrons. The number of ether oxygens (including phenoxy) is 2. The number of aromatic nitrogens is 4. The smallest absolute Gasteiger partial charge is 0.410 e. The summed E-state index contributed by atoms with van der Waals surface area (Å²) in [6, 6.07) is 0.0948. The molecule has 2 aliphatic carbocycles. The van der Waals surface area contributed by atoms with Crippen molar-refractivity contribution in [2.45, 2.75) is 115 Å². The minimum absolute atomic E-state index is 0.0948. The number of aliphatic hydroxyl groups excluding tert-OH is 2. The molecule has 2 unspecified atom stereocenters. The van der Waals surface area contributed by atoms with E-state index in [1.807, 2.05) is 13.8 Å². The molecule has 4 heterocycles. The van der Waals surface area contributed by atoms with Crippen LogP contribution in [0.5, 0.6) is 0 Å². The number of hydrogen-bond acceptors (Lipinski definition) is 11. The first-order valence-corrected chi connectivity index (χ1v) is 15.5. The molecule has 0 bridgehead atoms. The van der Waals surface area contributed by atoms with Gasteiger partial charge in [0.15, 0.2) is 23.8 Å². The number of Topliss-reactive ketones (excluding diaryl/α,β-unsaturated/α-hetero) is 1. The summed E-state index contributed by atoms with van der Waals surface area (Å²) in [5.41, 5.74) is 6.90. The van der Waals surface area contributed by atoms with Crippen LogP contribution in [0.2, 0.25) is 0 Å². The molecule has 2 saturated heterocycles. The Hall–Kier alpha value is -3.36. The van der Waals surface area contributed by atoms with Crippen LogP contribution >= 0.6 is 0 Å². The lowest BCUT2D eigenvalue weighted by molar-refractivity contribution is -0.137. The molecule has 5 N–H and O–H groups in total. The zero-order chi connectivity index (χ0) is 30.7. The number of piperidine rings is 1. The Bertz CT molecular complexity index is 1310. The van der Waals surface area contributed by atoms with Gasteiger partial charge in [-0.1, -0.05) is 13.8 Å². The molecule has 43 heavy (non-hydrogen) atoms. The average Bonchev–Trinajstić information content (AvgIpc) is 3.43. The van der Waals surface area contributed by atoms with E-state index in [-0.39, 0.29) is 29.8 Å². The third kappa shape index (κ3) is 7.07. The molecule has 2 amide bonds. The molecule has 2 saturated carbocycles. The van der Waals surface area contributed by atoms with Crippen LogP contribution in [0.1, 0.15) is 83.7 Å². The molecule has 4 aliphatic rings. The number of carbonyl (C=O) groups is 3. The van der Waals surface area contributed by atoms with E-state index >= 15 is 0 Å². The number of rotatable bonds is 8. The quantitative estimate of drug-likeness (QED) is 0.343. The summed E-state index contributed by atoms with van der Waals surface area (Å²) in [7, 11) is 0. The minimum Gasteiger partial charge on any atom is -0.446 e. The molecule has 2 aromatic rings. The van der Waals surface area contributed by atoms with Crippen LogP contribution in [0.4, 0.5) is 10.6 Å². The summed E-state index contributed by atoms with van der Waals surface area (Å²) in [6.07, 6.45) is 3.12. The van der Waals surface area contributed by atoms with E-state index in [0.717, 1.165) is 38.5 Å². The molecule has 14 nitrogen and oxygen atoms in total. The maximum Gasteiger partial charge on any atom is 0.410 e. The van der Waals surface area contributed by atoms with Gasteiger partial charge in [-0.2, -0.15) is 0 Å². The predicted octanol–water partition coefficient (Wildman–Crippen LogP) is 1.63. The van der Waals surface area contributed by atoms with Crippen molar-refractivity contribution in [2.75, 3.05) is 18.8 Å². The van der Waals surface area contributed by atoms with Gasteiger partial charge in [0.25, 0.3) is 5.91 Å². The number of ketones is 1. The maximum absolute atomic E-state index is 12.5. The van der Waals surface area contributed by atoms with Gasteiger partial charge >= 0.3 is 6.09 Å². The fourth-order valence-corrected chi connectivity index (χ4v) is 5.95. The van der Waals surface area contributed by atoms with E-state index in [4.69, 9.17) is 15.2 Å². The largest absolute Gasteiger partial charge is 0.446 e. The highest BCUT2D eigenvalue weighted by atomic mass is 16.6. The van der Waals surface area contributed by atoms with Crippen molar-refractivity contribution >= 4 is 34.8 Å². The standard InChI is InChI=1S/C27H37N7O7.C2H6/c28-23-19-24(34(13-29-19)26-21(37)20(36)22(41-26)25(38)30-15-4-5-15)32-18(31-23)3-1-2-14-8-10-33(11-9-14)27(39)40-17-7-6-16(35)12-17;1-2/h13-15,17,20-22,26,36-37H,1-12H2,(H,30,38)(H2,28,31,32);1-2H3/t17?,20?,21-,22-,26+;/m0./s1. The van der Waals surface area contributed by atoms with Gasteiger partial charge in [-0.25, -0.2) is 19.7 Å². The van der Waals surface area contributed by atoms with Gasteiger partial charge in [0, 0.05) is 38.4 Å². The van der Waals surface area contributed by atoms with Gasteiger partial charge in [0.05, 0.1) is 6.33 Å². The van der Waals surface area contributed by atoms with Crippen molar-refractivity contribution in [1.29, 1.82) is 0 Å². The first-order valence-electron chi connectivity index (χ1n) is 15.5. The first-order chi connectivity index (χ1) is 20.8. The van der Waals surface area contributed by atoms with Crippen LogP contribution in [0.25, 0.3) is 11.2 Å². The number of anilines is 1. The molecular formula is C29H43N7O7. The highest BCUT2D eigenvalue weighted by molar-refractivity contribution is 5.83. The van der Waals surface area contributed by atoms with E-state index in [0.29, 0.717) is 61.7 Å². The van der Waals surface area contributed by atoms with E-state index in [9.17, 15) is 24.6 Å². The van der Waals surface area contributed by atoms with Crippen LogP contribution in [-0.4, -0.2) is 96.0 Å². The molecule has 4 fully saturated rings. The van der Waals surface area contributed by atoms with Gasteiger partial charge in [-0.05, 0) is 50.9 Å². The van der Waals surface area contributed by atoms with E-state index in [1.165, 1.54) is 10.9 Å². The zero-order valence-electron chi connectivity index (χ0n) is 24.9. The van der Waals surface area contributed by atoms with E-state index in [2.05, 4.69) is 20.3 Å². The molecule has 0 spiro atoms. The van der Waals surface area contributed by atoms with Crippen molar-refractivity contribution in [2.24, 2.45) is 5.92 Å². The van der Waals surface area contributed by atoms with Crippen molar-refractivity contribution in [3.05, 3.63) is 12.2 Å². The van der Waals surface area contributed by atoms with Gasteiger partial charge in [-0.3, -0.25) is 14.2 Å². The number of aryl methyl sites for hydroxylation is 1. The van der Waals surface area contributed by atoms with Crippen molar-refractivity contribution in [1.82, 2.24) is 29.7 Å². The van der Waals surface area contributed by atoms with Crippen LogP contribution in [0, 0.1) is 5.92 Å². The number of fused-ring (bicyclic) bond motifs is 1. The van der Waals surface area contributed by atoms with Gasteiger partial charge in [0.2, 0.25) is 0 Å². The van der Waals surface area contributed by atoms with Gasteiger partial charge < -0.3 is 35.6 Å². The second-order valence-corrected chi connectivity index (χ2v) is 11.7. The Morgan fingerprint density at radius 3 is 2.53 bits per heavy atom. The van der Waals surface area contributed by atoms with Gasteiger partial charge in [0.1, 0.15) is 35.4 Å². The number of nitrogens with zero attached hydrogens (tertiary/aromatic N) is 5. The lowest BCUT2D eigenvalue weighted by Gasteiger charge is -2.32. The molecule has 5 atom stereocenters. The summed E-state index contributed by atoms with van der Waals surface area (Å²) in [5, 5.41) is 24.0. The lowest BCUT2D eigenvalue weighted by atomic mass is 9.91. The van der Waals surface area contributed by atoms with Crippen molar-refractivity contribution in [3.8, 4) is 0 Å². The van der Waals surface area contributed by atoms with E-state index in [1.54, 1.807) is 4.90 Å². The number of hydrogen-bond donors (Lipinski definition) is 4. The Labute approximate surface area is 250 Å². The van der Waals surface area contributed by atoms with Crippen LogP contribution in [0.3, 0.4) is 0 Å². The maximum atomic E-state index is 12.5. The SMILES string of the molecule is CC.Nc1nc(CCCC2CCN(C(=O)OC3CCC(=O)C3)CC2)nc2c1ncn2[C@@H]1O[C@H](C(=O)NC2CC2)C(O)[C@@H]1O. The third-order valence-electron chi connectivity index (χ3n) is 8.54. The second kappa shape index (κ2) is 13.5. The Morgan fingerprint density at radius 1 is 1.12 bits per heavy atom. The summed E-state index contributed by atoms with van der Waals surface area (Å²) in [4.78, 5) is 51.4. The minimum atomic E-state index is -1.39. The Balaban J connectivity index is 0.00000180. The zero-order valence-corrected chi connectivity index (χ0v) is 24.9. The van der Waals surface area contributed by atoms with Crippen LogP contribution in [-0.2, 0) is 25.5 Å². The molecule has 6 rings (SSSR count). The first kappa shape index (κ1) is 31.1. The van der Waals surface area contributed by atoms with Gasteiger partial charge in [-0.15, -0.1) is 0 Å². The average molecular weight is 602 g/mol. The topological polar surface area (TPSA) is 195 Å². The third-order valence-corrected chi connectivity index (χ3v) is 8.54. The van der Waals surface area contributed by atoms with Crippen LogP contribution in [0.15, 0.2) is 6.33 Å². The number of carbonyl (C=O) groups excluding carboxylic acids is 3. The number of nitrogens with two attached hydrogens (primary N) is 1. The van der Waals surface area contributed by atoms with E-state index < -0.39 is 30.4 Å². The number of amides is 2. The number of nitrogen functional groups attached to an aromatic ring is 1. The normalized spacial score (nSPS) is 27.7. The summed E-state index contributed by atoms with van der Waals surface area (Å²) < 4.78 is 12.8. The summed E-state index contributed by atoms with van der Waals surface area (Å²) in [5.74, 6) is 0.895. The second-order valence-electron chi connectivity index (χ2n) is 11.7. The molecular weight excluding hydrogens is 558 g/mol. The highest BCUT2D eigenvalue weighted by Gasteiger charge is 2.48. The number of nitrogens with one attached hydrogen (secondary N) is 1. The molecule has 14 heteroatoms. The molecule has 0 aromatic carbocycles. The summed E-state index contributed by atoms with van der Waals surface area (Å²) in [6.45, 7) is 5.27. The van der Waals surface area contributed by atoms with Crippen molar-refractivity contribution in [3.63, 3.8) is 0 Å². The van der Waals surface area contributed by atoms with Crippen LogP contribution < -0.4 is 11.1 Å². The predicted molar refractivity (Wildman–Crippen MR) is 155 cm³/mol. The highest BCUT2D eigenvalue weighted by Crippen LogP contribution is 2.33. The number of aliphatic hydroxyl groups is 2. The monoisotopic (exact) mass is 601 g/mol. The fraction of sp³-hybridized carbons (Fsp3) is 0.724.